The van der Waals surface area contributed by atoms with E-state index in [0.29, 0.717) is 68.9 Å². The van der Waals surface area contributed by atoms with Gasteiger partial charge in [-0.15, -0.1) is 0 Å². The number of rotatable bonds is 16. The van der Waals surface area contributed by atoms with Gasteiger partial charge >= 0.3 is 19.5 Å². The molecule has 13 heteroatoms. The third-order valence-electron chi connectivity index (χ3n) is 14.0. The van der Waals surface area contributed by atoms with Crippen LogP contribution in [0.15, 0.2) is 72.8 Å². The second-order valence-electron chi connectivity index (χ2n) is 22.5. The van der Waals surface area contributed by atoms with Crippen LogP contribution in [0.4, 0.5) is 0 Å². The minimum atomic E-state index is -0.0817. The second-order valence-corrected chi connectivity index (χ2v) is 22.5. The Labute approximate surface area is 444 Å². The summed E-state index contributed by atoms with van der Waals surface area (Å²) in [7, 11) is 0. The zero-order valence-corrected chi connectivity index (χ0v) is 48.7. The Morgan fingerprint density at radius 3 is 0.904 bits per heavy atom. The van der Waals surface area contributed by atoms with Crippen LogP contribution in [0.2, 0.25) is 0 Å². The molecule has 5 heterocycles. The number of fused-ring (bicyclic) bond motifs is 20. The monoisotopic (exact) mass is 1030 g/mol. The molecule has 0 unspecified atom stereocenters. The fourth-order valence-electron chi connectivity index (χ4n) is 10.9. The maximum atomic E-state index is 6.99. The average molecular weight is 1030 g/mol. The van der Waals surface area contributed by atoms with Crippen LogP contribution < -0.4 is 28.9 Å². The summed E-state index contributed by atoms with van der Waals surface area (Å²) in [5.41, 5.74) is 4.68. The number of aromatic nitrogens is 8. The molecule has 8 bridgehead atoms. The summed E-state index contributed by atoms with van der Waals surface area (Å²) < 4.78 is 27.9. The summed E-state index contributed by atoms with van der Waals surface area (Å²) in [5.74, 6) is 6.27. The third kappa shape index (κ3) is 10.3. The molecule has 9 rings (SSSR count). The van der Waals surface area contributed by atoms with Gasteiger partial charge in [-0.05, 0) is 82.4 Å². The second kappa shape index (κ2) is 21.5. The van der Waals surface area contributed by atoms with Gasteiger partial charge in [0.1, 0.15) is 47.4 Å². The molecule has 3 aromatic heterocycles. The Bertz CT molecular complexity index is 3050. The zero-order valence-electron chi connectivity index (χ0n) is 45.8. The van der Waals surface area contributed by atoms with Crippen molar-refractivity contribution in [1.29, 1.82) is 0 Å². The standard InChI is InChI=1S/C60H72N8O4.Zn/c1-29(2)49(30(3)4)69-41-25-17-21-37-45(41)57-61-53(37)66-58-47-39(23-19-27-43(47)71-51(33(9)10)34(11)12)55(63-58)68-60-48-40(24-20-28-44(48)72-52(35(13)14)36(15)16)56(64-60)67-59-46-38(54(62-59)65-57)22-18-26-42(46)70-50(31(5)6)32(7)8;/h17-36,49-52H,1-16H3;/q-2;+2. The normalized spacial score (nSPS) is 12.7. The Kier molecular flexibility index (Phi) is 15.7. The average Bonchev–Trinajstić information content (AvgIpc) is 4.06. The van der Waals surface area contributed by atoms with Gasteiger partial charge in [0, 0.05) is 44.5 Å². The van der Waals surface area contributed by atoms with E-state index in [-0.39, 0.29) is 91.2 Å². The number of hydrogen-bond acceptors (Lipinski definition) is 10. The molecule has 0 radical (unpaired) electrons. The molecular weight excluding hydrogens is 962 g/mol. The molecule has 0 aliphatic carbocycles. The van der Waals surface area contributed by atoms with Gasteiger partial charge in [0.05, 0.1) is 34.4 Å². The van der Waals surface area contributed by atoms with Gasteiger partial charge in [-0.3, -0.25) is 0 Å². The molecule has 0 saturated carbocycles. The topological polar surface area (TPSA) is 142 Å². The van der Waals surface area contributed by atoms with Crippen LogP contribution in [0.5, 0.6) is 23.0 Å². The van der Waals surface area contributed by atoms with Crippen molar-refractivity contribution in [3.63, 3.8) is 0 Å². The van der Waals surface area contributed by atoms with E-state index in [1.807, 2.05) is 72.8 Å². The Morgan fingerprint density at radius 1 is 0.315 bits per heavy atom. The number of hydrogen-bond donors (Lipinski definition) is 0. The smallest absolute Gasteiger partial charge is 0.489 e. The van der Waals surface area contributed by atoms with E-state index in [0.717, 1.165) is 43.8 Å². The molecule has 0 amide bonds. The molecule has 2 aliphatic rings. The molecule has 73 heavy (non-hydrogen) atoms. The first-order valence-corrected chi connectivity index (χ1v) is 26.2. The van der Waals surface area contributed by atoms with Crippen LogP contribution in [-0.4, -0.2) is 54.3 Å². The molecule has 0 spiro atoms. The van der Waals surface area contributed by atoms with E-state index < -0.39 is 0 Å². The van der Waals surface area contributed by atoms with Gasteiger partial charge in [-0.25, -0.2) is 9.97 Å². The number of ether oxygens (including phenoxy) is 4. The molecule has 2 aliphatic heterocycles. The van der Waals surface area contributed by atoms with Gasteiger partial charge in [-0.1, -0.05) is 159 Å². The molecule has 0 N–H and O–H groups in total. The van der Waals surface area contributed by atoms with Crippen molar-refractivity contribution in [2.24, 2.45) is 47.3 Å². The fourth-order valence-corrected chi connectivity index (χ4v) is 10.9. The van der Waals surface area contributed by atoms with Crippen LogP contribution in [0, 0.1) is 47.3 Å². The van der Waals surface area contributed by atoms with Crippen molar-refractivity contribution < 1.29 is 38.4 Å². The van der Waals surface area contributed by atoms with Gasteiger partial charge in [0.2, 0.25) is 0 Å². The van der Waals surface area contributed by atoms with Crippen molar-refractivity contribution in [2.45, 2.75) is 135 Å². The number of nitrogens with zero attached hydrogens (tertiary/aromatic N) is 8. The minimum Gasteiger partial charge on any atom is -0.489 e. The molecule has 12 nitrogen and oxygen atoms in total. The predicted molar refractivity (Wildman–Crippen MR) is 290 cm³/mol. The first-order valence-electron chi connectivity index (χ1n) is 26.2. The summed E-state index contributed by atoms with van der Waals surface area (Å²) in [4.78, 5) is 42.7. The molecule has 0 fully saturated rings. The quantitative estimate of drug-likeness (QED) is 0.0850. The van der Waals surface area contributed by atoms with Crippen LogP contribution in [-0.2, 0) is 19.5 Å². The van der Waals surface area contributed by atoms with Gasteiger partial charge in [0.25, 0.3) is 0 Å². The largest absolute Gasteiger partial charge is 2.00 e. The van der Waals surface area contributed by atoms with Crippen LogP contribution in [0.25, 0.3) is 89.7 Å². The Morgan fingerprint density at radius 2 is 0.589 bits per heavy atom. The van der Waals surface area contributed by atoms with E-state index in [2.05, 4.69) is 111 Å². The first kappa shape index (κ1) is 53.4. The zero-order chi connectivity index (χ0) is 51.4. The fraction of sp³-hybridized carbons (Fsp3) is 0.467. The molecule has 0 atom stereocenters. The maximum Gasteiger partial charge on any atom is 2.00 e. The molecular formula is C60H72N8O4Zn. The van der Waals surface area contributed by atoms with Crippen molar-refractivity contribution in [1.82, 2.24) is 39.9 Å². The third-order valence-corrected chi connectivity index (χ3v) is 14.0. The Hall–Kier alpha value is -5.94. The van der Waals surface area contributed by atoms with E-state index in [4.69, 9.17) is 58.8 Å². The van der Waals surface area contributed by atoms with Gasteiger partial charge < -0.3 is 48.9 Å². The van der Waals surface area contributed by atoms with Crippen LogP contribution in [0.1, 0.15) is 111 Å². The van der Waals surface area contributed by atoms with Gasteiger partial charge in [0.15, 0.2) is 0 Å². The molecule has 0 saturated heterocycles. The van der Waals surface area contributed by atoms with Crippen LogP contribution >= 0.6 is 0 Å². The van der Waals surface area contributed by atoms with Crippen molar-refractivity contribution in [3.05, 3.63) is 72.8 Å². The molecule has 7 aromatic rings. The SMILES string of the molecule is CC(C)C(Oc1cccc2c1-c1nc-2nc2[n-]c(nc3nc(nc4[n-]c(n1)c1cccc(OC(C(C)C)C(C)C)c41)-c1cccc(OC(C(C)C)C(C)C)c1-3)c1cccc(OC(C(C)C)C(C)C)c21)C(C)C.[Zn+2]. The molecule has 378 valence electrons. The summed E-state index contributed by atoms with van der Waals surface area (Å²) in [6.45, 7) is 35.0. The van der Waals surface area contributed by atoms with E-state index in [9.17, 15) is 0 Å². The van der Waals surface area contributed by atoms with Crippen LogP contribution in [0.3, 0.4) is 0 Å². The maximum absolute atomic E-state index is 6.99. The summed E-state index contributed by atoms with van der Waals surface area (Å²) in [5, 5.41) is 2.98. The molecule has 4 aromatic carbocycles. The summed E-state index contributed by atoms with van der Waals surface area (Å²) in [6.07, 6.45) is -0.327. The number of benzene rings is 4. The van der Waals surface area contributed by atoms with E-state index in [1.54, 1.807) is 0 Å². The van der Waals surface area contributed by atoms with Crippen molar-refractivity contribution in [3.8, 4) is 68.5 Å². The minimum absolute atomic E-state index is 0. The summed E-state index contributed by atoms with van der Waals surface area (Å²) in [6, 6.07) is 24.0. The predicted octanol–water partition coefficient (Wildman–Crippen LogP) is 14.4. The Balaban J connectivity index is 0.00000711. The summed E-state index contributed by atoms with van der Waals surface area (Å²) >= 11 is 0. The van der Waals surface area contributed by atoms with Crippen molar-refractivity contribution in [2.75, 3.05) is 0 Å². The van der Waals surface area contributed by atoms with Crippen molar-refractivity contribution >= 4 is 44.1 Å². The first-order chi connectivity index (χ1) is 34.3. The van der Waals surface area contributed by atoms with E-state index in [1.165, 1.54) is 0 Å². The van der Waals surface area contributed by atoms with E-state index >= 15 is 0 Å². The van der Waals surface area contributed by atoms with Gasteiger partial charge in [-0.2, -0.15) is 0 Å².